The Kier molecular flexibility index (Phi) is 8.16. The molecule has 1 aliphatic heterocycles. The van der Waals surface area contributed by atoms with Crippen LogP contribution < -0.4 is 5.32 Å². The van der Waals surface area contributed by atoms with E-state index in [1.165, 1.54) is 4.90 Å². The van der Waals surface area contributed by atoms with Crippen LogP contribution >= 0.6 is 24.8 Å². The van der Waals surface area contributed by atoms with Crippen LogP contribution in [0.15, 0.2) is 24.3 Å². The van der Waals surface area contributed by atoms with Gasteiger partial charge in [-0.05, 0) is 17.7 Å². The molecule has 0 aliphatic carbocycles. The van der Waals surface area contributed by atoms with E-state index in [-0.39, 0.29) is 43.5 Å². The molecule has 1 heterocycles. The van der Waals surface area contributed by atoms with Crippen molar-refractivity contribution in [3.8, 4) is 0 Å². The summed E-state index contributed by atoms with van der Waals surface area (Å²) in [5.41, 5.74) is -1.12. The molecule has 0 amide bonds. The highest BCUT2D eigenvalue weighted by atomic mass is 35.5. The first-order valence-corrected chi connectivity index (χ1v) is 6.38. The molecule has 2 rings (SSSR count). The second-order valence-corrected chi connectivity index (χ2v) is 4.85. The van der Waals surface area contributed by atoms with Crippen molar-refractivity contribution in [1.82, 2.24) is 10.2 Å². The highest BCUT2D eigenvalue weighted by Crippen LogP contribution is 2.39. The number of alkyl halides is 6. The lowest BCUT2D eigenvalue weighted by Gasteiger charge is -2.36. The second kappa shape index (κ2) is 8.41. The first kappa shape index (κ1) is 22.3. The fourth-order valence-electron chi connectivity index (χ4n) is 2.40. The summed E-state index contributed by atoms with van der Waals surface area (Å²) in [7, 11) is 0. The van der Waals surface area contributed by atoms with Gasteiger partial charge in [-0.25, -0.2) is 0 Å². The van der Waals surface area contributed by atoms with Gasteiger partial charge in [0.05, 0.1) is 5.56 Å². The van der Waals surface area contributed by atoms with Crippen molar-refractivity contribution in [3.63, 3.8) is 0 Å². The molecular formula is C13H16Cl2F6N2. The maximum atomic E-state index is 13.2. The van der Waals surface area contributed by atoms with Crippen LogP contribution in [0.4, 0.5) is 26.3 Å². The van der Waals surface area contributed by atoms with Crippen molar-refractivity contribution >= 4 is 24.8 Å². The molecule has 0 bridgehead atoms. The van der Waals surface area contributed by atoms with Crippen LogP contribution in [0.25, 0.3) is 0 Å². The van der Waals surface area contributed by atoms with E-state index in [0.29, 0.717) is 25.2 Å². The number of piperazine rings is 1. The molecule has 1 saturated heterocycles. The van der Waals surface area contributed by atoms with Gasteiger partial charge in [0, 0.05) is 26.2 Å². The van der Waals surface area contributed by atoms with Crippen LogP contribution in [0, 0.1) is 0 Å². The third kappa shape index (κ3) is 5.70. The minimum atomic E-state index is -4.55. The minimum absolute atomic E-state index is 0. The van der Waals surface area contributed by atoms with Gasteiger partial charge < -0.3 is 5.32 Å². The maximum Gasteiger partial charge on any atom is 0.416 e. The van der Waals surface area contributed by atoms with Gasteiger partial charge in [0.2, 0.25) is 0 Å². The predicted molar refractivity (Wildman–Crippen MR) is 79.2 cm³/mol. The summed E-state index contributed by atoms with van der Waals surface area (Å²) in [6, 6.07) is 1.32. The van der Waals surface area contributed by atoms with E-state index < -0.39 is 24.0 Å². The summed E-state index contributed by atoms with van der Waals surface area (Å²) in [5, 5.41) is 2.94. The van der Waals surface area contributed by atoms with Crippen LogP contribution in [0.2, 0.25) is 0 Å². The molecule has 0 unspecified atom stereocenters. The van der Waals surface area contributed by atoms with Crippen LogP contribution in [0.3, 0.4) is 0 Å². The number of rotatable bonds is 2. The average molecular weight is 385 g/mol. The van der Waals surface area contributed by atoms with Gasteiger partial charge in [0.15, 0.2) is 0 Å². The molecule has 23 heavy (non-hydrogen) atoms. The van der Waals surface area contributed by atoms with Crippen LogP contribution in [0.1, 0.15) is 17.2 Å². The van der Waals surface area contributed by atoms with Crippen LogP contribution in [-0.4, -0.2) is 37.3 Å². The molecule has 0 radical (unpaired) electrons. The van der Waals surface area contributed by atoms with Crippen molar-refractivity contribution in [3.05, 3.63) is 35.4 Å². The Labute approximate surface area is 142 Å². The lowest BCUT2D eigenvalue weighted by Crippen LogP contribution is -2.49. The number of benzene rings is 1. The molecule has 1 fully saturated rings. The SMILES string of the molecule is Cl.Cl.FC(F)(F)c1ccc([C@@H](N2CCNCC2)C(F)(F)F)cc1. The lowest BCUT2D eigenvalue weighted by atomic mass is 10.0. The zero-order chi connectivity index (χ0) is 15.7. The van der Waals surface area contributed by atoms with E-state index in [1.807, 2.05) is 0 Å². The van der Waals surface area contributed by atoms with Crippen molar-refractivity contribution in [1.29, 1.82) is 0 Å². The quantitative estimate of drug-likeness (QED) is 0.773. The van der Waals surface area contributed by atoms with Gasteiger partial charge in [-0.2, -0.15) is 26.3 Å². The van der Waals surface area contributed by atoms with E-state index in [0.717, 1.165) is 12.1 Å². The average Bonchev–Trinajstić information content (AvgIpc) is 2.38. The molecule has 0 saturated carbocycles. The largest absolute Gasteiger partial charge is 0.416 e. The van der Waals surface area contributed by atoms with E-state index in [9.17, 15) is 26.3 Å². The molecule has 1 atom stereocenters. The Morgan fingerprint density at radius 3 is 1.74 bits per heavy atom. The predicted octanol–water partition coefficient (Wildman–Crippen LogP) is 4.06. The van der Waals surface area contributed by atoms with Gasteiger partial charge in [0.1, 0.15) is 6.04 Å². The van der Waals surface area contributed by atoms with Gasteiger partial charge in [-0.1, -0.05) is 12.1 Å². The lowest BCUT2D eigenvalue weighted by molar-refractivity contribution is -0.187. The Morgan fingerprint density at radius 1 is 0.870 bits per heavy atom. The molecule has 10 heteroatoms. The van der Waals surface area contributed by atoms with E-state index in [2.05, 4.69) is 5.32 Å². The minimum Gasteiger partial charge on any atom is -0.314 e. The van der Waals surface area contributed by atoms with Crippen molar-refractivity contribution in [2.75, 3.05) is 26.2 Å². The summed E-state index contributed by atoms with van der Waals surface area (Å²) < 4.78 is 77.1. The Hall–Kier alpha value is -0.700. The van der Waals surface area contributed by atoms with Crippen LogP contribution in [0.5, 0.6) is 0 Å². The summed E-state index contributed by atoms with van der Waals surface area (Å²) in [6.07, 6.45) is -9.08. The topological polar surface area (TPSA) is 15.3 Å². The second-order valence-electron chi connectivity index (χ2n) is 4.85. The Balaban J connectivity index is 0.00000242. The normalized spacial score (nSPS) is 17.8. The van der Waals surface area contributed by atoms with Crippen molar-refractivity contribution in [2.24, 2.45) is 0 Å². The van der Waals surface area contributed by atoms with Gasteiger partial charge >= 0.3 is 12.4 Å². The summed E-state index contributed by atoms with van der Waals surface area (Å²) >= 11 is 0. The first-order valence-electron chi connectivity index (χ1n) is 6.38. The van der Waals surface area contributed by atoms with Crippen molar-refractivity contribution in [2.45, 2.75) is 18.4 Å². The zero-order valence-electron chi connectivity index (χ0n) is 11.7. The molecule has 1 aromatic rings. The third-order valence-corrected chi connectivity index (χ3v) is 3.38. The molecule has 134 valence electrons. The monoisotopic (exact) mass is 384 g/mol. The fraction of sp³-hybridized carbons (Fsp3) is 0.538. The highest BCUT2D eigenvalue weighted by Gasteiger charge is 2.45. The highest BCUT2D eigenvalue weighted by molar-refractivity contribution is 5.85. The number of halogens is 8. The fourth-order valence-corrected chi connectivity index (χ4v) is 2.40. The summed E-state index contributed by atoms with van der Waals surface area (Å²) in [4.78, 5) is 1.24. The van der Waals surface area contributed by atoms with E-state index in [1.54, 1.807) is 0 Å². The summed E-state index contributed by atoms with van der Waals surface area (Å²) in [5.74, 6) is 0. The van der Waals surface area contributed by atoms with Gasteiger partial charge in [-0.3, -0.25) is 4.90 Å². The maximum absolute atomic E-state index is 13.2. The third-order valence-electron chi connectivity index (χ3n) is 3.38. The first-order chi connectivity index (χ1) is 9.69. The van der Waals surface area contributed by atoms with Gasteiger partial charge in [-0.15, -0.1) is 24.8 Å². The van der Waals surface area contributed by atoms with Crippen LogP contribution in [-0.2, 0) is 6.18 Å². The van der Waals surface area contributed by atoms with E-state index in [4.69, 9.17) is 0 Å². The number of nitrogens with one attached hydrogen (secondary N) is 1. The summed E-state index contributed by atoms with van der Waals surface area (Å²) in [6.45, 7) is 1.25. The Bertz CT molecular complexity index is 469. The molecule has 0 aromatic heterocycles. The molecular weight excluding hydrogens is 369 g/mol. The zero-order valence-corrected chi connectivity index (χ0v) is 13.4. The van der Waals surface area contributed by atoms with Crippen molar-refractivity contribution < 1.29 is 26.3 Å². The van der Waals surface area contributed by atoms with E-state index >= 15 is 0 Å². The molecule has 2 nitrogen and oxygen atoms in total. The molecule has 1 aliphatic rings. The molecule has 1 N–H and O–H groups in total. The smallest absolute Gasteiger partial charge is 0.314 e. The number of hydrogen-bond donors (Lipinski definition) is 1. The number of hydrogen-bond acceptors (Lipinski definition) is 2. The number of nitrogens with zero attached hydrogens (tertiary/aromatic N) is 1. The molecule has 1 aromatic carbocycles. The molecule has 0 spiro atoms. The standard InChI is InChI=1S/C13H14F6N2.2ClH/c14-12(15,16)10-3-1-9(2-4-10)11(13(17,18)19)21-7-5-20-6-8-21;;/h1-4,11,20H,5-8H2;2*1H/t11-;;/m1../s1. The van der Waals surface area contributed by atoms with Gasteiger partial charge in [0.25, 0.3) is 0 Å². The Morgan fingerprint density at radius 2 is 1.35 bits per heavy atom.